The van der Waals surface area contributed by atoms with Gasteiger partial charge in [0, 0.05) is 12.4 Å². The molecule has 5 heteroatoms. The number of hydrogen-bond acceptors (Lipinski definition) is 2. The van der Waals surface area contributed by atoms with Crippen molar-refractivity contribution in [3.63, 3.8) is 0 Å². The monoisotopic (exact) mass is 313 g/mol. The minimum atomic E-state index is -1.37. The van der Waals surface area contributed by atoms with E-state index in [1.165, 1.54) is 50.3 Å². The first-order valence-corrected chi connectivity index (χ1v) is 13.3. The fourth-order valence-corrected chi connectivity index (χ4v) is 15.3. The molecular formula is C12H29NP2S2. The van der Waals surface area contributed by atoms with E-state index in [4.69, 9.17) is 23.6 Å². The van der Waals surface area contributed by atoms with Gasteiger partial charge in [-0.3, -0.25) is 4.86 Å². The molecule has 0 saturated carbocycles. The second-order valence-electron chi connectivity index (χ2n) is 4.77. The van der Waals surface area contributed by atoms with Gasteiger partial charge < -0.3 is 0 Å². The third kappa shape index (κ3) is 7.43. The fourth-order valence-electron chi connectivity index (χ4n) is 2.20. The fraction of sp³-hybridized carbons (Fsp3) is 1.00. The van der Waals surface area contributed by atoms with Gasteiger partial charge in [-0.1, -0.05) is 77.0 Å². The molecule has 1 nitrogen and oxygen atoms in total. The molecule has 0 rings (SSSR count). The lowest BCUT2D eigenvalue weighted by Gasteiger charge is -2.32. The summed E-state index contributed by atoms with van der Waals surface area (Å²) in [6.07, 6.45) is 6.76. The van der Waals surface area contributed by atoms with Crippen LogP contribution in [0.2, 0.25) is 0 Å². The van der Waals surface area contributed by atoms with Crippen LogP contribution in [0.15, 0.2) is 0 Å². The average molecular weight is 313 g/mol. The minimum Gasteiger partial charge on any atom is -0.259 e. The number of nitrogens with one attached hydrogen (secondary N) is 1. The summed E-state index contributed by atoms with van der Waals surface area (Å²) < 4.78 is 0. The summed E-state index contributed by atoms with van der Waals surface area (Å²) >= 11 is 11.9. The van der Waals surface area contributed by atoms with E-state index in [0.717, 1.165) is 0 Å². The van der Waals surface area contributed by atoms with E-state index in [9.17, 15) is 0 Å². The lowest BCUT2D eigenvalue weighted by atomic mass is 10.6. The Labute approximate surface area is 119 Å². The van der Waals surface area contributed by atoms with Crippen LogP contribution >= 0.6 is 12.4 Å². The van der Waals surface area contributed by atoms with Gasteiger partial charge in [-0.2, -0.15) is 0 Å². The standard InChI is InChI=1S/C12H29NP2S2/c1-5-9-14(16,10-6-2)13-15(17,11-7-3)12-8-4/h5-12H2,1-4H3,(H,13,16,17). The highest BCUT2D eigenvalue weighted by Gasteiger charge is 2.23. The molecule has 0 aromatic rings. The summed E-state index contributed by atoms with van der Waals surface area (Å²) in [6.45, 7) is 8.95. The highest BCUT2D eigenvalue weighted by molar-refractivity contribution is 8.22. The van der Waals surface area contributed by atoms with E-state index in [2.05, 4.69) is 32.6 Å². The van der Waals surface area contributed by atoms with Crippen LogP contribution in [0.25, 0.3) is 0 Å². The lowest BCUT2D eigenvalue weighted by molar-refractivity contribution is 1.02. The van der Waals surface area contributed by atoms with Gasteiger partial charge in [0.2, 0.25) is 0 Å². The Morgan fingerprint density at radius 2 is 0.882 bits per heavy atom. The maximum atomic E-state index is 5.94. The zero-order valence-electron chi connectivity index (χ0n) is 11.9. The van der Waals surface area contributed by atoms with E-state index >= 15 is 0 Å². The van der Waals surface area contributed by atoms with Crippen LogP contribution in [0.5, 0.6) is 0 Å². The Bertz CT molecular complexity index is 244. The molecular weight excluding hydrogens is 284 g/mol. The molecule has 0 aromatic carbocycles. The molecule has 0 aromatic heterocycles. The summed E-state index contributed by atoms with van der Waals surface area (Å²) in [4.78, 5) is 3.86. The predicted octanol–water partition coefficient (Wildman–Crippen LogP) is 5.01. The molecule has 1 N–H and O–H groups in total. The van der Waals surface area contributed by atoms with Crippen molar-refractivity contribution >= 4 is 36.0 Å². The molecule has 0 heterocycles. The molecule has 0 aliphatic carbocycles. The highest BCUT2D eigenvalue weighted by atomic mass is 32.5. The van der Waals surface area contributed by atoms with Crippen LogP contribution in [0.1, 0.15) is 53.4 Å². The van der Waals surface area contributed by atoms with Crippen molar-refractivity contribution in [3.8, 4) is 0 Å². The molecule has 0 radical (unpaired) electrons. The van der Waals surface area contributed by atoms with E-state index in [-0.39, 0.29) is 0 Å². The first kappa shape index (κ1) is 18.3. The van der Waals surface area contributed by atoms with Crippen molar-refractivity contribution in [1.29, 1.82) is 0 Å². The smallest absolute Gasteiger partial charge is 0.0164 e. The van der Waals surface area contributed by atoms with Gasteiger partial charge in [-0.05, 0) is 24.6 Å². The van der Waals surface area contributed by atoms with Gasteiger partial charge in [0.15, 0.2) is 0 Å². The van der Waals surface area contributed by atoms with Gasteiger partial charge in [0.25, 0.3) is 0 Å². The zero-order valence-corrected chi connectivity index (χ0v) is 15.3. The zero-order chi connectivity index (χ0) is 13.4. The maximum Gasteiger partial charge on any atom is 0.0164 e. The molecule has 0 saturated heterocycles. The van der Waals surface area contributed by atoms with Gasteiger partial charge in [-0.25, -0.2) is 0 Å². The van der Waals surface area contributed by atoms with Crippen LogP contribution in [-0.2, 0) is 23.6 Å². The highest BCUT2D eigenvalue weighted by Crippen LogP contribution is 2.56. The molecule has 0 spiro atoms. The molecule has 0 bridgehead atoms. The van der Waals surface area contributed by atoms with Crippen LogP contribution in [0.4, 0.5) is 0 Å². The van der Waals surface area contributed by atoms with Crippen LogP contribution < -0.4 is 4.86 Å². The Kier molecular flexibility index (Phi) is 9.89. The largest absolute Gasteiger partial charge is 0.259 e. The third-order valence-corrected chi connectivity index (χ3v) is 14.0. The molecule has 0 amide bonds. The number of hydrogen-bond donors (Lipinski definition) is 1. The Morgan fingerprint density at radius 1 is 0.647 bits per heavy atom. The van der Waals surface area contributed by atoms with Gasteiger partial charge in [0.1, 0.15) is 0 Å². The van der Waals surface area contributed by atoms with E-state index in [1.54, 1.807) is 0 Å². The Balaban J connectivity index is 4.79. The van der Waals surface area contributed by atoms with Crippen LogP contribution in [-0.4, -0.2) is 24.6 Å². The van der Waals surface area contributed by atoms with E-state index < -0.39 is 12.4 Å². The summed E-state index contributed by atoms with van der Waals surface area (Å²) in [6, 6.07) is 0. The lowest BCUT2D eigenvalue weighted by Crippen LogP contribution is -2.16. The summed E-state index contributed by atoms with van der Waals surface area (Å²) in [5.41, 5.74) is 0. The maximum absolute atomic E-state index is 5.94. The van der Waals surface area contributed by atoms with Crippen molar-refractivity contribution in [2.24, 2.45) is 0 Å². The second-order valence-corrected chi connectivity index (χ2v) is 15.1. The summed E-state index contributed by atoms with van der Waals surface area (Å²) in [5.74, 6) is 0. The van der Waals surface area contributed by atoms with Crippen LogP contribution in [0, 0.1) is 0 Å². The van der Waals surface area contributed by atoms with Crippen molar-refractivity contribution in [3.05, 3.63) is 0 Å². The van der Waals surface area contributed by atoms with E-state index in [1.807, 2.05) is 0 Å². The summed E-state index contributed by atoms with van der Waals surface area (Å²) in [5, 5.41) is 0. The molecule has 0 aliphatic rings. The third-order valence-electron chi connectivity index (χ3n) is 2.70. The molecule has 0 atom stereocenters. The molecule has 17 heavy (non-hydrogen) atoms. The average Bonchev–Trinajstić information content (AvgIpc) is 2.17. The number of rotatable bonds is 10. The Hall–Kier alpha value is 1.26. The molecule has 0 fully saturated rings. The van der Waals surface area contributed by atoms with Crippen molar-refractivity contribution in [1.82, 2.24) is 4.86 Å². The van der Waals surface area contributed by atoms with Crippen molar-refractivity contribution in [2.45, 2.75) is 53.4 Å². The van der Waals surface area contributed by atoms with Crippen molar-refractivity contribution in [2.75, 3.05) is 24.6 Å². The summed E-state index contributed by atoms with van der Waals surface area (Å²) in [7, 11) is 0. The SMILES string of the molecule is CCCP(=S)(CCC)NP(=S)(CCC)CCC. The van der Waals surface area contributed by atoms with Crippen molar-refractivity contribution < 1.29 is 0 Å². The first-order chi connectivity index (χ1) is 7.95. The first-order valence-electron chi connectivity index (χ1n) is 6.91. The molecule has 0 unspecified atom stereocenters. The van der Waals surface area contributed by atoms with Gasteiger partial charge >= 0.3 is 0 Å². The van der Waals surface area contributed by atoms with E-state index in [0.29, 0.717) is 0 Å². The second kappa shape index (κ2) is 9.21. The quantitative estimate of drug-likeness (QED) is 0.570. The van der Waals surface area contributed by atoms with Gasteiger partial charge in [-0.15, -0.1) is 0 Å². The predicted molar refractivity (Wildman–Crippen MR) is 92.3 cm³/mol. The Morgan fingerprint density at radius 3 is 1.06 bits per heavy atom. The molecule has 0 aliphatic heterocycles. The normalized spacial score (nSPS) is 12.9. The van der Waals surface area contributed by atoms with Crippen LogP contribution in [0.3, 0.4) is 0 Å². The minimum absolute atomic E-state index is 1.18. The molecule has 104 valence electrons. The topological polar surface area (TPSA) is 12.0 Å². The van der Waals surface area contributed by atoms with Gasteiger partial charge in [0.05, 0.1) is 0 Å².